The molecule has 0 radical (unpaired) electrons. The van der Waals surface area contributed by atoms with E-state index in [0.717, 1.165) is 6.54 Å². The van der Waals surface area contributed by atoms with Crippen LogP contribution in [0.25, 0.3) is 0 Å². The van der Waals surface area contributed by atoms with E-state index in [2.05, 4.69) is 37.1 Å². The first-order valence-electron chi connectivity index (χ1n) is 3.26. The molecule has 1 atom stereocenters. The molecule has 0 saturated carbocycles. The fourth-order valence-corrected chi connectivity index (χ4v) is 1.27. The van der Waals surface area contributed by atoms with Crippen molar-refractivity contribution >= 4 is 21.6 Å². The maximum Gasteiger partial charge on any atom is 0.00349 e. The molecule has 0 bridgehead atoms. The monoisotopic (exact) mass is 167 g/mol. The highest BCUT2D eigenvalue weighted by Crippen LogP contribution is 2.22. The largest absolute Gasteiger partial charge is 0.314 e. The van der Waals surface area contributed by atoms with Crippen LogP contribution in [0, 0.1) is 0 Å². The molecule has 1 N–H and O–H groups in total. The van der Waals surface area contributed by atoms with Crippen LogP contribution in [0.1, 0.15) is 13.8 Å². The summed E-state index contributed by atoms with van der Waals surface area (Å²) < 4.78 is 0. The minimum atomic E-state index is 0.000818. The van der Waals surface area contributed by atoms with Crippen LogP contribution in [0.2, 0.25) is 0 Å². The van der Waals surface area contributed by atoms with E-state index in [-0.39, 0.29) is 9.93 Å². The fraction of sp³-hybridized carbons (Fsp3) is 1.00. The summed E-state index contributed by atoms with van der Waals surface area (Å²) in [6.07, 6.45) is 2.18. The standard InChI is InChI=1S/C6H17NS2/c1-6(2)7-4-5-9(3)8/h6-9H,4-5H2,1-3H3. The lowest BCUT2D eigenvalue weighted by molar-refractivity contribution is 0.616. The third-order valence-corrected chi connectivity index (χ3v) is 2.46. The van der Waals surface area contributed by atoms with Crippen molar-refractivity contribution in [1.29, 1.82) is 0 Å². The molecule has 0 aliphatic carbocycles. The highest BCUT2D eigenvalue weighted by atomic mass is 33.1. The molecule has 1 unspecified atom stereocenters. The molecular formula is C6H17NS2. The van der Waals surface area contributed by atoms with Crippen LogP contribution in [-0.4, -0.2) is 24.6 Å². The topological polar surface area (TPSA) is 12.0 Å². The lowest BCUT2D eigenvalue weighted by Gasteiger charge is -2.10. The van der Waals surface area contributed by atoms with E-state index in [1.807, 2.05) is 0 Å². The number of thiol groups is 2. The van der Waals surface area contributed by atoms with Gasteiger partial charge in [0.05, 0.1) is 0 Å². The van der Waals surface area contributed by atoms with E-state index in [4.69, 9.17) is 0 Å². The second-order valence-electron chi connectivity index (χ2n) is 2.49. The summed E-state index contributed by atoms with van der Waals surface area (Å²) in [5.41, 5.74) is 0. The minimum absolute atomic E-state index is 0.000818. The molecule has 0 rings (SSSR count). The van der Waals surface area contributed by atoms with Gasteiger partial charge in [0.1, 0.15) is 0 Å². The van der Waals surface area contributed by atoms with Crippen molar-refractivity contribution in [3.63, 3.8) is 0 Å². The molecule has 0 spiro atoms. The van der Waals surface area contributed by atoms with E-state index in [0.29, 0.717) is 6.04 Å². The molecule has 3 heteroatoms. The van der Waals surface area contributed by atoms with Crippen molar-refractivity contribution in [2.75, 3.05) is 18.6 Å². The van der Waals surface area contributed by atoms with Gasteiger partial charge in [-0.15, -0.1) is 11.7 Å². The SMILES string of the molecule is CC(C)NCC[SH](C)S. The maximum absolute atomic E-state index is 4.33. The lowest BCUT2D eigenvalue weighted by atomic mass is 10.4. The minimum Gasteiger partial charge on any atom is -0.314 e. The Morgan fingerprint density at radius 1 is 1.56 bits per heavy atom. The molecule has 1 nitrogen and oxygen atoms in total. The van der Waals surface area contributed by atoms with Crippen molar-refractivity contribution in [2.45, 2.75) is 19.9 Å². The normalized spacial score (nSPS) is 16.3. The lowest BCUT2D eigenvalue weighted by Crippen LogP contribution is -2.25. The molecule has 0 aromatic carbocycles. The molecule has 0 fully saturated rings. The van der Waals surface area contributed by atoms with Gasteiger partial charge < -0.3 is 5.32 Å². The molecule has 9 heavy (non-hydrogen) atoms. The zero-order valence-corrected chi connectivity index (χ0v) is 8.17. The zero-order chi connectivity index (χ0) is 7.28. The van der Waals surface area contributed by atoms with Crippen LogP contribution in [-0.2, 0) is 0 Å². The van der Waals surface area contributed by atoms with Crippen molar-refractivity contribution < 1.29 is 0 Å². The molecule has 0 aliphatic rings. The van der Waals surface area contributed by atoms with E-state index < -0.39 is 0 Å². The van der Waals surface area contributed by atoms with Gasteiger partial charge in [-0.2, -0.15) is 0 Å². The van der Waals surface area contributed by atoms with Crippen LogP contribution < -0.4 is 5.32 Å². The molecule has 0 aromatic heterocycles. The van der Waals surface area contributed by atoms with Crippen molar-refractivity contribution in [1.82, 2.24) is 5.32 Å². The molecule has 0 heterocycles. The first-order chi connectivity index (χ1) is 4.13. The second kappa shape index (κ2) is 5.45. The van der Waals surface area contributed by atoms with Crippen LogP contribution in [0.3, 0.4) is 0 Å². The summed E-state index contributed by atoms with van der Waals surface area (Å²) in [4.78, 5) is 0. The summed E-state index contributed by atoms with van der Waals surface area (Å²) in [7, 11) is 0.000818. The van der Waals surface area contributed by atoms with E-state index >= 15 is 0 Å². The molecular weight excluding hydrogens is 150 g/mol. The number of nitrogens with one attached hydrogen (secondary N) is 1. The van der Waals surface area contributed by atoms with Crippen LogP contribution in [0.5, 0.6) is 0 Å². The predicted molar refractivity (Wildman–Crippen MR) is 51.9 cm³/mol. The number of rotatable bonds is 4. The summed E-state index contributed by atoms with van der Waals surface area (Å²) in [5.74, 6) is 1.22. The molecule has 58 valence electrons. The van der Waals surface area contributed by atoms with E-state index in [9.17, 15) is 0 Å². The first-order valence-corrected chi connectivity index (χ1v) is 6.39. The Bertz CT molecular complexity index is 56.1. The number of hydrogen-bond donors (Lipinski definition) is 3. The van der Waals surface area contributed by atoms with Gasteiger partial charge in [0.2, 0.25) is 0 Å². The Labute approximate surface area is 65.8 Å². The highest BCUT2D eigenvalue weighted by Gasteiger charge is 1.91. The van der Waals surface area contributed by atoms with Crippen LogP contribution >= 0.6 is 21.6 Å². The van der Waals surface area contributed by atoms with Gasteiger partial charge in [0, 0.05) is 12.6 Å². The average molecular weight is 167 g/mol. The van der Waals surface area contributed by atoms with Gasteiger partial charge in [-0.25, -0.2) is 9.93 Å². The van der Waals surface area contributed by atoms with Crippen LogP contribution in [0.15, 0.2) is 0 Å². The van der Waals surface area contributed by atoms with Gasteiger partial charge in [0.25, 0.3) is 0 Å². The van der Waals surface area contributed by atoms with Gasteiger partial charge in [-0.05, 0) is 12.0 Å². The zero-order valence-electron chi connectivity index (χ0n) is 6.39. The average Bonchev–Trinajstić information content (AvgIpc) is 1.63. The van der Waals surface area contributed by atoms with E-state index in [1.54, 1.807) is 0 Å². The molecule has 0 aromatic rings. The van der Waals surface area contributed by atoms with E-state index in [1.165, 1.54) is 5.75 Å². The van der Waals surface area contributed by atoms with Gasteiger partial charge in [0.15, 0.2) is 0 Å². The van der Waals surface area contributed by atoms with Crippen molar-refractivity contribution in [3.8, 4) is 0 Å². The third kappa shape index (κ3) is 8.66. The second-order valence-corrected chi connectivity index (χ2v) is 6.30. The maximum atomic E-state index is 4.33. The quantitative estimate of drug-likeness (QED) is 0.425. The molecule has 0 saturated heterocycles. The Morgan fingerprint density at radius 3 is 2.44 bits per heavy atom. The fourth-order valence-electron chi connectivity index (χ4n) is 0.515. The van der Waals surface area contributed by atoms with Gasteiger partial charge in [-0.1, -0.05) is 13.8 Å². The Balaban J connectivity index is 2.91. The summed E-state index contributed by atoms with van der Waals surface area (Å²) in [6.45, 7) is 5.44. The Kier molecular flexibility index (Phi) is 5.84. The third-order valence-electron chi connectivity index (χ3n) is 0.988. The smallest absolute Gasteiger partial charge is 0.00349 e. The summed E-state index contributed by atoms with van der Waals surface area (Å²) >= 11 is 4.33. The highest BCUT2D eigenvalue weighted by molar-refractivity contribution is 8.77. The van der Waals surface area contributed by atoms with Crippen molar-refractivity contribution in [3.05, 3.63) is 0 Å². The van der Waals surface area contributed by atoms with Crippen LogP contribution in [0.4, 0.5) is 0 Å². The summed E-state index contributed by atoms with van der Waals surface area (Å²) in [6, 6.07) is 0.619. The Morgan fingerprint density at radius 2 is 2.11 bits per heavy atom. The molecule has 0 amide bonds. The predicted octanol–water partition coefficient (Wildman–Crippen LogP) is 1.46. The first kappa shape index (κ1) is 9.66. The number of hydrogen-bond acceptors (Lipinski definition) is 2. The Hall–Kier alpha value is 0.660. The molecule has 0 aliphatic heterocycles. The summed E-state index contributed by atoms with van der Waals surface area (Å²) in [5, 5.41) is 3.34. The van der Waals surface area contributed by atoms with Crippen molar-refractivity contribution in [2.24, 2.45) is 0 Å². The van der Waals surface area contributed by atoms with Gasteiger partial charge >= 0.3 is 0 Å². The van der Waals surface area contributed by atoms with Gasteiger partial charge in [-0.3, -0.25) is 0 Å².